The Labute approximate surface area is 107 Å². The van der Waals surface area contributed by atoms with Gasteiger partial charge < -0.3 is 15.3 Å². The fourth-order valence-electron chi connectivity index (χ4n) is 2.83. The first kappa shape index (κ1) is 11.5. The van der Waals surface area contributed by atoms with E-state index in [4.69, 9.17) is 0 Å². The van der Waals surface area contributed by atoms with Gasteiger partial charge >= 0.3 is 0 Å². The van der Waals surface area contributed by atoms with Crippen LogP contribution in [-0.4, -0.2) is 35.0 Å². The van der Waals surface area contributed by atoms with E-state index >= 15 is 0 Å². The maximum atomic E-state index is 12.3. The second-order valence-corrected chi connectivity index (χ2v) is 5.12. The van der Waals surface area contributed by atoms with Gasteiger partial charge in [-0.15, -0.1) is 0 Å². The van der Waals surface area contributed by atoms with Crippen molar-refractivity contribution < 1.29 is 9.90 Å². The quantitative estimate of drug-likeness (QED) is 0.778. The molecule has 1 aromatic rings. The van der Waals surface area contributed by atoms with Gasteiger partial charge in [0.25, 0.3) is 0 Å². The monoisotopic (exact) mass is 246 g/mol. The zero-order valence-electron chi connectivity index (χ0n) is 10.4. The highest BCUT2D eigenvalue weighted by Crippen LogP contribution is 2.22. The fourth-order valence-corrected chi connectivity index (χ4v) is 2.83. The summed E-state index contributed by atoms with van der Waals surface area (Å²) in [4.78, 5) is 14.3. The topological polar surface area (TPSA) is 52.6 Å². The van der Waals surface area contributed by atoms with Crippen LogP contribution in [0.15, 0.2) is 18.2 Å². The Hall–Kier alpha value is -1.55. The van der Waals surface area contributed by atoms with E-state index in [-0.39, 0.29) is 11.9 Å². The first-order chi connectivity index (χ1) is 8.74. The highest BCUT2D eigenvalue weighted by atomic mass is 16.3. The Morgan fingerprint density at radius 1 is 1.28 bits per heavy atom. The largest absolute Gasteiger partial charge is 0.508 e. The molecule has 0 aromatic heterocycles. The van der Waals surface area contributed by atoms with E-state index in [2.05, 4.69) is 5.32 Å². The van der Waals surface area contributed by atoms with Crippen LogP contribution >= 0.6 is 0 Å². The maximum absolute atomic E-state index is 12.3. The number of likely N-dealkylation sites (tertiary alicyclic amines) is 1. The number of rotatable bonds is 1. The number of carbonyl (C=O) groups is 1. The number of carbonyl (C=O) groups excluding carboxylic acids is 1. The lowest BCUT2D eigenvalue weighted by atomic mass is 9.95. The highest BCUT2D eigenvalue weighted by molar-refractivity contribution is 5.82. The smallest absolute Gasteiger partial charge is 0.240 e. The standard InChI is InChI=1S/C14H18N2O2/c17-12-4-3-10-8-13(15-9-11(10)7-12)14(18)16-5-1-2-6-16/h3-4,7,13,15,17H,1-2,5-6,8-9H2. The van der Waals surface area contributed by atoms with Crippen LogP contribution in [0.1, 0.15) is 24.0 Å². The van der Waals surface area contributed by atoms with Crippen LogP contribution in [0.2, 0.25) is 0 Å². The Kier molecular flexibility index (Phi) is 2.96. The highest BCUT2D eigenvalue weighted by Gasteiger charge is 2.29. The van der Waals surface area contributed by atoms with Crippen molar-refractivity contribution in [3.05, 3.63) is 29.3 Å². The molecule has 2 N–H and O–H groups in total. The van der Waals surface area contributed by atoms with E-state index in [0.717, 1.165) is 37.9 Å². The molecule has 4 heteroatoms. The van der Waals surface area contributed by atoms with E-state index in [1.165, 1.54) is 5.56 Å². The Morgan fingerprint density at radius 3 is 2.83 bits per heavy atom. The Bertz CT molecular complexity index is 467. The van der Waals surface area contributed by atoms with Gasteiger partial charge in [0.05, 0.1) is 6.04 Å². The summed E-state index contributed by atoms with van der Waals surface area (Å²) < 4.78 is 0. The van der Waals surface area contributed by atoms with E-state index in [1.807, 2.05) is 11.0 Å². The van der Waals surface area contributed by atoms with Gasteiger partial charge in [-0.1, -0.05) is 6.07 Å². The van der Waals surface area contributed by atoms with Crippen molar-refractivity contribution in [3.8, 4) is 5.75 Å². The number of phenolic OH excluding ortho intramolecular Hbond substituents is 1. The number of nitrogens with one attached hydrogen (secondary N) is 1. The van der Waals surface area contributed by atoms with Crippen molar-refractivity contribution in [1.29, 1.82) is 0 Å². The number of amides is 1. The molecular weight excluding hydrogens is 228 g/mol. The summed E-state index contributed by atoms with van der Waals surface area (Å²) in [5.41, 5.74) is 2.27. The zero-order valence-corrected chi connectivity index (χ0v) is 10.4. The maximum Gasteiger partial charge on any atom is 0.240 e. The molecule has 1 amide bonds. The summed E-state index contributed by atoms with van der Waals surface area (Å²) in [5, 5.41) is 12.7. The molecule has 2 heterocycles. The lowest BCUT2D eigenvalue weighted by Gasteiger charge is -2.28. The minimum Gasteiger partial charge on any atom is -0.508 e. The summed E-state index contributed by atoms with van der Waals surface area (Å²) in [6.45, 7) is 2.47. The van der Waals surface area contributed by atoms with Gasteiger partial charge in [0, 0.05) is 19.6 Å². The number of hydrogen-bond donors (Lipinski definition) is 2. The third kappa shape index (κ3) is 2.08. The van der Waals surface area contributed by atoms with Gasteiger partial charge in [0.2, 0.25) is 5.91 Å². The van der Waals surface area contributed by atoms with Gasteiger partial charge in [0.1, 0.15) is 5.75 Å². The molecule has 1 atom stereocenters. The molecule has 0 aliphatic carbocycles. The van der Waals surface area contributed by atoms with Crippen LogP contribution in [0.25, 0.3) is 0 Å². The van der Waals surface area contributed by atoms with Crippen molar-refractivity contribution in [3.63, 3.8) is 0 Å². The zero-order chi connectivity index (χ0) is 12.5. The first-order valence-electron chi connectivity index (χ1n) is 6.57. The van der Waals surface area contributed by atoms with Crippen LogP contribution in [-0.2, 0) is 17.8 Å². The SMILES string of the molecule is O=C(C1Cc2ccc(O)cc2CN1)N1CCCC1. The summed E-state index contributed by atoms with van der Waals surface area (Å²) in [6, 6.07) is 5.30. The average Bonchev–Trinajstić information content (AvgIpc) is 2.91. The molecule has 96 valence electrons. The first-order valence-corrected chi connectivity index (χ1v) is 6.57. The molecule has 0 radical (unpaired) electrons. The summed E-state index contributed by atoms with van der Waals surface area (Å²) in [7, 11) is 0. The molecule has 3 rings (SSSR count). The number of benzene rings is 1. The second kappa shape index (κ2) is 4.61. The Balaban J connectivity index is 1.74. The Morgan fingerprint density at radius 2 is 2.06 bits per heavy atom. The molecule has 4 nitrogen and oxygen atoms in total. The molecule has 1 saturated heterocycles. The van der Waals surface area contributed by atoms with Gasteiger partial charge in [-0.2, -0.15) is 0 Å². The predicted octanol–water partition coefficient (Wildman–Crippen LogP) is 1.03. The summed E-state index contributed by atoms with van der Waals surface area (Å²) >= 11 is 0. The average molecular weight is 246 g/mol. The van der Waals surface area contributed by atoms with Crippen molar-refractivity contribution in [2.24, 2.45) is 0 Å². The van der Waals surface area contributed by atoms with Gasteiger partial charge in [-0.3, -0.25) is 4.79 Å². The van der Waals surface area contributed by atoms with Crippen LogP contribution in [0.4, 0.5) is 0 Å². The summed E-state index contributed by atoms with van der Waals surface area (Å²) in [5.74, 6) is 0.520. The minimum absolute atomic E-state index is 0.0971. The molecule has 0 bridgehead atoms. The molecule has 1 aromatic carbocycles. The van der Waals surface area contributed by atoms with Crippen LogP contribution in [0.3, 0.4) is 0 Å². The van der Waals surface area contributed by atoms with E-state index in [0.29, 0.717) is 12.3 Å². The van der Waals surface area contributed by atoms with Gasteiger partial charge in [-0.05, 0) is 42.5 Å². The van der Waals surface area contributed by atoms with E-state index < -0.39 is 0 Å². The molecule has 1 fully saturated rings. The number of fused-ring (bicyclic) bond motifs is 1. The van der Waals surface area contributed by atoms with Gasteiger partial charge in [0.15, 0.2) is 0 Å². The van der Waals surface area contributed by atoms with E-state index in [9.17, 15) is 9.90 Å². The minimum atomic E-state index is -0.0971. The van der Waals surface area contributed by atoms with Crippen LogP contribution < -0.4 is 5.32 Å². The third-order valence-corrected chi connectivity index (χ3v) is 3.87. The molecule has 2 aliphatic heterocycles. The van der Waals surface area contributed by atoms with E-state index in [1.54, 1.807) is 12.1 Å². The molecule has 18 heavy (non-hydrogen) atoms. The molecular formula is C14H18N2O2. The van der Waals surface area contributed by atoms with Crippen molar-refractivity contribution >= 4 is 5.91 Å². The van der Waals surface area contributed by atoms with Crippen molar-refractivity contribution in [1.82, 2.24) is 10.2 Å². The number of aromatic hydroxyl groups is 1. The number of phenols is 1. The molecule has 2 aliphatic rings. The molecule has 0 saturated carbocycles. The van der Waals surface area contributed by atoms with Crippen LogP contribution in [0, 0.1) is 0 Å². The molecule has 1 unspecified atom stereocenters. The predicted molar refractivity (Wildman–Crippen MR) is 68.3 cm³/mol. The van der Waals surface area contributed by atoms with Crippen molar-refractivity contribution in [2.75, 3.05) is 13.1 Å². The lowest BCUT2D eigenvalue weighted by molar-refractivity contribution is -0.132. The normalized spacial score (nSPS) is 22.9. The lowest BCUT2D eigenvalue weighted by Crippen LogP contribution is -2.48. The summed E-state index contributed by atoms with van der Waals surface area (Å²) in [6.07, 6.45) is 2.98. The second-order valence-electron chi connectivity index (χ2n) is 5.12. The van der Waals surface area contributed by atoms with Crippen molar-refractivity contribution in [2.45, 2.75) is 31.8 Å². The molecule has 0 spiro atoms. The fraction of sp³-hybridized carbons (Fsp3) is 0.500. The van der Waals surface area contributed by atoms with Crippen LogP contribution in [0.5, 0.6) is 5.75 Å². The van der Waals surface area contributed by atoms with Gasteiger partial charge in [-0.25, -0.2) is 0 Å². The third-order valence-electron chi connectivity index (χ3n) is 3.87. The number of nitrogens with zero attached hydrogens (tertiary/aromatic N) is 1. The number of hydrogen-bond acceptors (Lipinski definition) is 3.